The average Bonchev–Trinajstić information content (AvgIpc) is 2.48. The van der Waals surface area contributed by atoms with Crippen molar-refractivity contribution in [2.75, 3.05) is 19.6 Å². The molecule has 2 amide bonds. The molecule has 7 heteroatoms. The highest BCUT2D eigenvalue weighted by atomic mass is 16.2. The van der Waals surface area contributed by atoms with Crippen molar-refractivity contribution in [1.29, 1.82) is 0 Å². The van der Waals surface area contributed by atoms with Crippen molar-refractivity contribution in [1.82, 2.24) is 14.4 Å². The summed E-state index contributed by atoms with van der Waals surface area (Å²) in [5.74, 6) is -0.410. The molecule has 0 aliphatic carbocycles. The molecule has 1 unspecified atom stereocenters. The summed E-state index contributed by atoms with van der Waals surface area (Å²) in [6.45, 7) is 7.41. The third-order valence-corrected chi connectivity index (χ3v) is 4.46. The molecule has 0 radical (unpaired) electrons. The predicted octanol–water partition coefficient (Wildman–Crippen LogP) is 0.0908. The number of hydrogen-bond acceptors (Lipinski definition) is 4. The first kappa shape index (κ1) is 15.7. The fraction of sp³-hybridized carbons (Fsp3) is 0.562. The molecule has 3 heterocycles. The highest BCUT2D eigenvalue weighted by Gasteiger charge is 2.38. The standard InChI is InChI=1S/C16H22N4O3/c1-10(2)7-18-4-3-5-20-14(18)9-19-8-11(15(17)22)13(21)6-12(19)16(20)23/h6,8,10,14H,3-5,7,9H2,1-2H3,(H2,17,22). The smallest absolute Gasteiger partial charge is 0.271 e. The molecule has 3 rings (SSSR count). The summed E-state index contributed by atoms with van der Waals surface area (Å²) in [5.41, 5.74) is 5.02. The van der Waals surface area contributed by atoms with Crippen molar-refractivity contribution >= 4 is 11.8 Å². The summed E-state index contributed by atoms with van der Waals surface area (Å²) in [6.07, 6.45) is 2.32. The van der Waals surface area contributed by atoms with Gasteiger partial charge in [-0.2, -0.15) is 0 Å². The van der Waals surface area contributed by atoms with Crippen molar-refractivity contribution < 1.29 is 9.59 Å². The molecular formula is C16H22N4O3. The van der Waals surface area contributed by atoms with Gasteiger partial charge in [-0.3, -0.25) is 19.3 Å². The Kier molecular flexibility index (Phi) is 3.97. The Bertz CT molecular complexity index is 710. The minimum Gasteiger partial charge on any atom is -0.365 e. The summed E-state index contributed by atoms with van der Waals surface area (Å²) in [6, 6.07) is 1.24. The van der Waals surface area contributed by atoms with Crippen LogP contribution in [0.3, 0.4) is 0 Å². The summed E-state index contributed by atoms with van der Waals surface area (Å²) < 4.78 is 1.70. The van der Waals surface area contributed by atoms with Gasteiger partial charge in [-0.25, -0.2) is 0 Å². The van der Waals surface area contributed by atoms with E-state index in [4.69, 9.17) is 5.73 Å². The lowest BCUT2D eigenvalue weighted by Gasteiger charge is -2.47. The van der Waals surface area contributed by atoms with E-state index in [1.54, 1.807) is 4.57 Å². The molecule has 2 aliphatic rings. The Morgan fingerprint density at radius 2 is 2.09 bits per heavy atom. The lowest BCUT2D eigenvalue weighted by molar-refractivity contribution is -0.0142. The van der Waals surface area contributed by atoms with E-state index in [1.165, 1.54) is 12.3 Å². The van der Waals surface area contributed by atoms with Crippen molar-refractivity contribution in [3.63, 3.8) is 0 Å². The third kappa shape index (κ3) is 2.76. The van der Waals surface area contributed by atoms with Crippen LogP contribution in [0.2, 0.25) is 0 Å². The average molecular weight is 318 g/mol. The number of fused-ring (bicyclic) bond motifs is 2. The van der Waals surface area contributed by atoms with Gasteiger partial charge in [0.05, 0.1) is 6.54 Å². The molecule has 0 spiro atoms. The number of nitrogens with zero attached hydrogens (tertiary/aromatic N) is 3. The highest BCUT2D eigenvalue weighted by Crippen LogP contribution is 2.24. The Morgan fingerprint density at radius 3 is 2.74 bits per heavy atom. The number of rotatable bonds is 3. The first-order valence-electron chi connectivity index (χ1n) is 7.97. The summed E-state index contributed by atoms with van der Waals surface area (Å²) >= 11 is 0. The normalized spacial score (nSPS) is 21.3. The molecule has 0 bridgehead atoms. The van der Waals surface area contributed by atoms with E-state index in [2.05, 4.69) is 18.7 Å². The van der Waals surface area contributed by atoms with Crippen LogP contribution in [-0.2, 0) is 6.54 Å². The molecule has 2 N–H and O–H groups in total. The number of carbonyl (C=O) groups excluding carboxylic acids is 2. The number of amides is 2. The molecule has 1 aromatic rings. The van der Waals surface area contributed by atoms with Gasteiger partial charge < -0.3 is 15.2 Å². The molecule has 23 heavy (non-hydrogen) atoms. The zero-order valence-corrected chi connectivity index (χ0v) is 13.5. The molecule has 1 saturated heterocycles. The van der Waals surface area contributed by atoms with Crippen molar-refractivity contribution in [2.24, 2.45) is 11.7 Å². The van der Waals surface area contributed by atoms with Gasteiger partial charge in [0, 0.05) is 31.9 Å². The second-order valence-corrected chi connectivity index (χ2v) is 6.67. The molecule has 1 atom stereocenters. The molecule has 1 aromatic heterocycles. The van der Waals surface area contributed by atoms with E-state index in [0.29, 0.717) is 24.7 Å². The number of aromatic nitrogens is 1. The number of nitrogens with two attached hydrogens (primary N) is 1. The van der Waals surface area contributed by atoms with Gasteiger partial charge in [0.25, 0.3) is 11.8 Å². The van der Waals surface area contributed by atoms with E-state index in [9.17, 15) is 14.4 Å². The molecule has 0 aromatic carbocycles. The Labute approximate surface area is 134 Å². The van der Waals surface area contributed by atoms with Crippen LogP contribution in [0.5, 0.6) is 0 Å². The molecule has 2 aliphatic heterocycles. The molecule has 7 nitrogen and oxygen atoms in total. The van der Waals surface area contributed by atoms with Gasteiger partial charge in [0.1, 0.15) is 17.4 Å². The van der Waals surface area contributed by atoms with E-state index in [0.717, 1.165) is 19.5 Å². The van der Waals surface area contributed by atoms with Crippen LogP contribution in [0, 0.1) is 5.92 Å². The largest absolute Gasteiger partial charge is 0.365 e. The van der Waals surface area contributed by atoms with E-state index in [-0.39, 0.29) is 17.6 Å². The van der Waals surface area contributed by atoms with Crippen LogP contribution in [0.4, 0.5) is 0 Å². The predicted molar refractivity (Wildman–Crippen MR) is 85.1 cm³/mol. The fourth-order valence-electron chi connectivity index (χ4n) is 3.49. The van der Waals surface area contributed by atoms with E-state index in [1.807, 2.05) is 4.90 Å². The molecular weight excluding hydrogens is 296 g/mol. The lowest BCUT2D eigenvalue weighted by atomic mass is 10.1. The van der Waals surface area contributed by atoms with E-state index < -0.39 is 11.3 Å². The number of pyridine rings is 1. The topological polar surface area (TPSA) is 88.6 Å². The maximum absolute atomic E-state index is 12.7. The van der Waals surface area contributed by atoms with Gasteiger partial charge in [-0.1, -0.05) is 13.8 Å². The lowest BCUT2D eigenvalue weighted by Crippen LogP contribution is -2.61. The van der Waals surface area contributed by atoms with Gasteiger partial charge >= 0.3 is 0 Å². The monoisotopic (exact) mass is 318 g/mol. The van der Waals surface area contributed by atoms with E-state index >= 15 is 0 Å². The van der Waals surface area contributed by atoms with Gasteiger partial charge in [-0.15, -0.1) is 0 Å². The first-order valence-corrected chi connectivity index (χ1v) is 7.97. The second kappa shape index (κ2) is 5.81. The van der Waals surface area contributed by atoms with Crippen LogP contribution in [0.25, 0.3) is 0 Å². The van der Waals surface area contributed by atoms with Crippen molar-refractivity contribution in [3.8, 4) is 0 Å². The van der Waals surface area contributed by atoms with Crippen LogP contribution >= 0.6 is 0 Å². The van der Waals surface area contributed by atoms with Gasteiger partial charge in [-0.05, 0) is 12.3 Å². The van der Waals surface area contributed by atoms with Gasteiger partial charge in [0.2, 0.25) is 0 Å². The number of carbonyl (C=O) groups is 2. The summed E-state index contributed by atoms with van der Waals surface area (Å²) in [4.78, 5) is 40.2. The zero-order chi connectivity index (χ0) is 16.7. The summed E-state index contributed by atoms with van der Waals surface area (Å²) in [7, 11) is 0. The Balaban J connectivity index is 2.01. The molecule has 124 valence electrons. The third-order valence-electron chi connectivity index (χ3n) is 4.46. The summed E-state index contributed by atoms with van der Waals surface area (Å²) in [5, 5.41) is 0. The quantitative estimate of drug-likeness (QED) is 0.855. The fourth-order valence-corrected chi connectivity index (χ4v) is 3.49. The Morgan fingerprint density at radius 1 is 1.35 bits per heavy atom. The molecule has 1 fully saturated rings. The maximum Gasteiger partial charge on any atom is 0.271 e. The minimum atomic E-state index is -0.761. The SMILES string of the molecule is CC(C)CN1CCCN2C(=O)c3cc(=O)c(C(N)=O)cn3CC12. The second-order valence-electron chi connectivity index (χ2n) is 6.67. The minimum absolute atomic E-state index is 0.0330. The first-order chi connectivity index (χ1) is 10.9. The molecule has 0 saturated carbocycles. The van der Waals surface area contributed by atoms with Crippen LogP contribution < -0.4 is 11.2 Å². The van der Waals surface area contributed by atoms with Crippen LogP contribution in [0.15, 0.2) is 17.1 Å². The number of hydrogen-bond donors (Lipinski definition) is 1. The van der Waals surface area contributed by atoms with Crippen molar-refractivity contribution in [2.45, 2.75) is 33.0 Å². The highest BCUT2D eigenvalue weighted by molar-refractivity contribution is 5.96. The van der Waals surface area contributed by atoms with Crippen LogP contribution in [-0.4, -0.2) is 52.0 Å². The maximum atomic E-state index is 12.7. The van der Waals surface area contributed by atoms with Gasteiger partial charge in [0.15, 0.2) is 5.43 Å². The van der Waals surface area contributed by atoms with Crippen LogP contribution in [0.1, 0.15) is 41.1 Å². The zero-order valence-electron chi connectivity index (χ0n) is 13.5. The number of primary amides is 1. The Hall–Kier alpha value is -2.15. The van der Waals surface area contributed by atoms with Crippen molar-refractivity contribution in [3.05, 3.63) is 33.7 Å².